The molecule has 0 aliphatic carbocycles. The number of ether oxygens (including phenoxy) is 1. The zero-order chi connectivity index (χ0) is 12.3. The summed E-state index contributed by atoms with van der Waals surface area (Å²) in [5.74, 6) is -1.23. The maximum atomic E-state index is 13.2. The third-order valence-corrected chi connectivity index (χ3v) is 2.24. The van der Waals surface area contributed by atoms with Crippen molar-refractivity contribution in [3.05, 3.63) is 59.7 Å². The van der Waals surface area contributed by atoms with Crippen LogP contribution in [0.2, 0.25) is 0 Å². The molecule has 0 amide bonds. The summed E-state index contributed by atoms with van der Waals surface area (Å²) in [6.45, 7) is 0.144. The van der Waals surface area contributed by atoms with Gasteiger partial charge in [0.05, 0.1) is 0 Å². The lowest BCUT2D eigenvalue weighted by Gasteiger charge is -2.07. The van der Waals surface area contributed by atoms with Crippen molar-refractivity contribution in [2.45, 2.75) is 6.61 Å². The van der Waals surface area contributed by atoms with Gasteiger partial charge in [0, 0.05) is 11.8 Å². The highest BCUT2D eigenvalue weighted by molar-refractivity contribution is 5.40. The molecule has 88 valence electrons. The summed E-state index contributed by atoms with van der Waals surface area (Å²) in [5, 5.41) is 0. The van der Waals surface area contributed by atoms with Gasteiger partial charge >= 0.3 is 0 Å². The van der Waals surface area contributed by atoms with Crippen LogP contribution < -0.4 is 10.5 Å². The van der Waals surface area contributed by atoms with Gasteiger partial charge in [-0.2, -0.15) is 0 Å². The molecule has 0 spiro atoms. The van der Waals surface area contributed by atoms with Crippen molar-refractivity contribution >= 4 is 5.69 Å². The number of benzene rings is 2. The van der Waals surface area contributed by atoms with Crippen LogP contribution in [0.1, 0.15) is 5.56 Å². The van der Waals surface area contributed by atoms with Crippen LogP contribution in [0.4, 0.5) is 14.5 Å². The molecule has 0 saturated heterocycles. The van der Waals surface area contributed by atoms with Crippen LogP contribution in [-0.2, 0) is 6.61 Å². The summed E-state index contributed by atoms with van der Waals surface area (Å²) in [5.41, 5.74) is 6.99. The third-order valence-electron chi connectivity index (χ3n) is 2.24. The second-order valence-electron chi connectivity index (χ2n) is 3.61. The summed E-state index contributed by atoms with van der Waals surface area (Å²) in [6, 6.07) is 10.1. The van der Waals surface area contributed by atoms with Gasteiger partial charge in [0.1, 0.15) is 12.4 Å². The topological polar surface area (TPSA) is 35.2 Å². The smallest absolute Gasteiger partial charge is 0.165 e. The van der Waals surface area contributed by atoms with Gasteiger partial charge in [-0.05, 0) is 29.8 Å². The maximum absolute atomic E-state index is 13.2. The van der Waals surface area contributed by atoms with Crippen molar-refractivity contribution in [2.24, 2.45) is 0 Å². The maximum Gasteiger partial charge on any atom is 0.165 e. The molecule has 0 radical (unpaired) electrons. The van der Waals surface area contributed by atoms with Crippen LogP contribution >= 0.6 is 0 Å². The highest BCUT2D eigenvalue weighted by Crippen LogP contribution is 2.19. The third kappa shape index (κ3) is 2.93. The minimum atomic E-state index is -0.588. The number of anilines is 1. The van der Waals surface area contributed by atoms with Crippen LogP contribution in [0.15, 0.2) is 42.5 Å². The number of nitrogen functional groups attached to an aromatic ring is 1. The van der Waals surface area contributed by atoms with Crippen LogP contribution in [0.25, 0.3) is 0 Å². The highest BCUT2D eigenvalue weighted by Gasteiger charge is 2.05. The van der Waals surface area contributed by atoms with E-state index in [1.165, 1.54) is 0 Å². The van der Waals surface area contributed by atoms with Crippen LogP contribution in [0, 0.1) is 11.6 Å². The summed E-state index contributed by atoms with van der Waals surface area (Å²) >= 11 is 0. The van der Waals surface area contributed by atoms with Crippen molar-refractivity contribution in [3.8, 4) is 5.75 Å². The zero-order valence-corrected chi connectivity index (χ0v) is 8.99. The Balaban J connectivity index is 2.09. The molecule has 2 nitrogen and oxygen atoms in total. The molecule has 2 rings (SSSR count). The molecule has 4 heteroatoms. The van der Waals surface area contributed by atoms with E-state index in [1.807, 2.05) is 0 Å². The lowest BCUT2D eigenvalue weighted by atomic mass is 10.2. The molecule has 0 saturated carbocycles. The fourth-order valence-electron chi connectivity index (χ4n) is 1.43. The molecule has 0 fully saturated rings. The lowest BCUT2D eigenvalue weighted by molar-refractivity contribution is 0.288. The quantitative estimate of drug-likeness (QED) is 0.829. The van der Waals surface area contributed by atoms with Crippen molar-refractivity contribution in [2.75, 3.05) is 5.73 Å². The van der Waals surface area contributed by atoms with Crippen molar-refractivity contribution in [3.63, 3.8) is 0 Å². The van der Waals surface area contributed by atoms with E-state index in [0.29, 0.717) is 5.69 Å². The number of hydrogen-bond acceptors (Lipinski definition) is 2. The molecule has 0 unspecified atom stereocenters. The molecule has 0 aliphatic heterocycles. The molecule has 0 bridgehead atoms. The van der Waals surface area contributed by atoms with Gasteiger partial charge < -0.3 is 10.5 Å². The van der Waals surface area contributed by atoms with Gasteiger partial charge in [-0.15, -0.1) is 0 Å². The Kier molecular flexibility index (Phi) is 3.23. The largest absolute Gasteiger partial charge is 0.486 e. The number of halogens is 2. The molecule has 2 N–H and O–H groups in total. The first-order chi connectivity index (χ1) is 8.15. The van der Waals surface area contributed by atoms with E-state index < -0.39 is 11.6 Å². The summed E-state index contributed by atoms with van der Waals surface area (Å²) in [6.07, 6.45) is 0. The monoisotopic (exact) mass is 235 g/mol. The van der Waals surface area contributed by atoms with Crippen LogP contribution in [0.5, 0.6) is 5.75 Å². The fraction of sp³-hybridized carbons (Fsp3) is 0.0769. The SMILES string of the molecule is Nc1cccc(COc2cc(F)ccc2F)c1. The molecular formula is C13H11F2NO. The lowest BCUT2D eigenvalue weighted by Crippen LogP contribution is -1.98. The Morgan fingerprint density at radius 2 is 1.88 bits per heavy atom. The first-order valence-electron chi connectivity index (χ1n) is 5.07. The molecular weight excluding hydrogens is 224 g/mol. The average Bonchev–Trinajstić information content (AvgIpc) is 2.30. The van der Waals surface area contributed by atoms with Gasteiger partial charge in [0.2, 0.25) is 0 Å². The van der Waals surface area contributed by atoms with E-state index in [9.17, 15) is 8.78 Å². The Labute approximate surface area is 97.6 Å². The number of rotatable bonds is 3. The van der Waals surface area contributed by atoms with Crippen molar-refractivity contribution in [1.29, 1.82) is 0 Å². The Morgan fingerprint density at radius 3 is 2.65 bits per heavy atom. The molecule has 17 heavy (non-hydrogen) atoms. The zero-order valence-electron chi connectivity index (χ0n) is 8.99. The molecule has 0 aromatic heterocycles. The predicted molar refractivity (Wildman–Crippen MR) is 61.5 cm³/mol. The summed E-state index contributed by atoms with van der Waals surface area (Å²) in [4.78, 5) is 0. The van der Waals surface area contributed by atoms with Crippen molar-refractivity contribution < 1.29 is 13.5 Å². The van der Waals surface area contributed by atoms with E-state index in [1.54, 1.807) is 24.3 Å². The molecule has 2 aromatic rings. The Bertz CT molecular complexity index is 529. The van der Waals surface area contributed by atoms with Crippen LogP contribution in [-0.4, -0.2) is 0 Å². The molecule has 0 aliphatic rings. The Hall–Kier alpha value is -2.10. The van der Waals surface area contributed by atoms with Gasteiger partial charge in [-0.3, -0.25) is 0 Å². The Morgan fingerprint density at radius 1 is 1.06 bits per heavy atom. The summed E-state index contributed by atoms with van der Waals surface area (Å²) < 4.78 is 31.3. The second-order valence-corrected chi connectivity index (χ2v) is 3.61. The highest BCUT2D eigenvalue weighted by atomic mass is 19.1. The minimum Gasteiger partial charge on any atom is -0.486 e. The van der Waals surface area contributed by atoms with Gasteiger partial charge in [0.25, 0.3) is 0 Å². The standard InChI is InChI=1S/C13H11F2NO/c14-10-4-5-12(15)13(7-10)17-8-9-2-1-3-11(16)6-9/h1-7H,8,16H2. The van der Waals surface area contributed by atoms with Crippen LogP contribution in [0.3, 0.4) is 0 Å². The normalized spacial score (nSPS) is 10.2. The second kappa shape index (κ2) is 4.82. The predicted octanol–water partition coefficient (Wildman–Crippen LogP) is 3.13. The molecule has 2 aromatic carbocycles. The van der Waals surface area contributed by atoms with Gasteiger partial charge in [-0.1, -0.05) is 12.1 Å². The van der Waals surface area contributed by atoms with E-state index in [4.69, 9.17) is 10.5 Å². The van der Waals surface area contributed by atoms with E-state index >= 15 is 0 Å². The molecule has 0 heterocycles. The van der Waals surface area contributed by atoms with Gasteiger partial charge in [0.15, 0.2) is 11.6 Å². The average molecular weight is 235 g/mol. The first-order valence-corrected chi connectivity index (χ1v) is 5.07. The van der Waals surface area contributed by atoms with E-state index in [0.717, 1.165) is 23.8 Å². The summed E-state index contributed by atoms with van der Waals surface area (Å²) in [7, 11) is 0. The fourth-order valence-corrected chi connectivity index (χ4v) is 1.43. The van der Waals surface area contributed by atoms with E-state index in [2.05, 4.69) is 0 Å². The minimum absolute atomic E-state index is 0.104. The van der Waals surface area contributed by atoms with Crippen molar-refractivity contribution in [1.82, 2.24) is 0 Å². The van der Waals surface area contributed by atoms with Gasteiger partial charge in [-0.25, -0.2) is 8.78 Å². The molecule has 0 atom stereocenters. The number of nitrogens with two attached hydrogens (primary N) is 1. The number of hydrogen-bond donors (Lipinski definition) is 1. The van der Waals surface area contributed by atoms with E-state index in [-0.39, 0.29) is 12.4 Å². The first kappa shape index (κ1) is 11.4.